The van der Waals surface area contributed by atoms with Crippen LogP contribution in [0.25, 0.3) is 11.1 Å². The van der Waals surface area contributed by atoms with Gasteiger partial charge in [-0.1, -0.05) is 62.6 Å². The minimum Gasteiger partial charge on any atom is -0.428 e. The molecule has 0 atom stereocenters. The van der Waals surface area contributed by atoms with Gasteiger partial charge in [0.15, 0.2) is 0 Å². The molecule has 0 unspecified atom stereocenters. The van der Waals surface area contributed by atoms with Crippen molar-refractivity contribution in [1.82, 2.24) is 0 Å². The van der Waals surface area contributed by atoms with Gasteiger partial charge in [-0.3, -0.25) is 0 Å². The quantitative estimate of drug-likeness (QED) is 0.281. The third-order valence-corrected chi connectivity index (χ3v) is 7.63. The lowest BCUT2D eigenvalue weighted by atomic mass is 9.77. The van der Waals surface area contributed by atoms with Crippen LogP contribution in [0.15, 0.2) is 54.6 Å². The first-order chi connectivity index (χ1) is 17.2. The van der Waals surface area contributed by atoms with Crippen molar-refractivity contribution in [3.63, 3.8) is 0 Å². The normalized spacial score (nSPS) is 18.3. The fourth-order valence-electron chi connectivity index (χ4n) is 5.21. The molecule has 0 heterocycles. The van der Waals surface area contributed by atoms with E-state index in [1.54, 1.807) is 12.1 Å². The molecule has 3 aromatic carbocycles. The highest BCUT2D eigenvalue weighted by atomic mass is 19.3. The summed E-state index contributed by atoms with van der Waals surface area (Å²) < 4.78 is 62.4. The third-order valence-electron chi connectivity index (χ3n) is 7.63. The highest BCUT2D eigenvalue weighted by Crippen LogP contribution is 2.39. The highest BCUT2D eigenvalue weighted by Gasteiger charge is 2.35. The van der Waals surface area contributed by atoms with E-state index >= 15 is 0 Å². The molecule has 192 valence electrons. The molecular formula is C31H34F4O. The summed E-state index contributed by atoms with van der Waals surface area (Å²) in [5.74, 6) is -0.861. The number of benzene rings is 3. The van der Waals surface area contributed by atoms with Gasteiger partial charge in [0.2, 0.25) is 0 Å². The molecule has 1 saturated carbocycles. The predicted octanol–water partition coefficient (Wildman–Crippen LogP) is 9.84. The Morgan fingerprint density at radius 1 is 0.833 bits per heavy atom. The van der Waals surface area contributed by atoms with Crippen LogP contribution in [0.2, 0.25) is 0 Å². The number of ether oxygens (including phenoxy) is 1. The van der Waals surface area contributed by atoms with Gasteiger partial charge in [0.05, 0.1) is 5.56 Å². The molecule has 0 aromatic heterocycles. The molecule has 36 heavy (non-hydrogen) atoms. The Morgan fingerprint density at radius 3 is 2.00 bits per heavy atom. The summed E-state index contributed by atoms with van der Waals surface area (Å²) in [6.07, 6.45) is 5.25. The van der Waals surface area contributed by atoms with Crippen molar-refractivity contribution in [2.24, 2.45) is 5.92 Å². The van der Waals surface area contributed by atoms with Crippen LogP contribution in [0.1, 0.15) is 80.0 Å². The van der Waals surface area contributed by atoms with Crippen molar-refractivity contribution in [2.45, 2.75) is 77.7 Å². The van der Waals surface area contributed by atoms with E-state index in [0.29, 0.717) is 5.92 Å². The van der Waals surface area contributed by atoms with E-state index in [9.17, 15) is 17.6 Å². The molecule has 1 nitrogen and oxygen atoms in total. The van der Waals surface area contributed by atoms with E-state index in [1.165, 1.54) is 76.5 Å². The van der Waals surface area contributed by atoms with Crippen molar-refractivity contribution in [3.8, 4) is 16.9 Å². The number of hydrogen-bond donors (Lipinski definition) is 0. The number of halogens is 4. The minimum atomic E-state index is -3.74. The van der Waals surface area contributed by atoms with E-state index in [2.05, 4.69) is 19.1 Å². The largest absolute Gasteiger partial charge is 0.428 e. The van der Waals surface area contributed by atoms with Gasteiger partial charge in [0.1, 0.15) is 17.4 Å². The van der Waals surface area contributed by atoms with Crippen LogP contribution in [0, 0.1) is 31.4 Å². The van der Waals surface area contributed by atoms with Crippen molar-refractivity contribution < 1.29 is 22.3 Å². The number of rotatable bonds is 8. The zero-order valence-corrected chi connectivity index (χ0v) is 21.2. The maximum absolute atomic E-state index is 14.8. The lowest BCUT2D eigenvalue weighted by Crippen LogP contribution is -2.22. The average molecular weight is 499 g/mol. The molecule has 3 aromatic rings. The second-order valence-corrected chi connectivity index (χ2v) is 10.1. The molecule has 0 spiro atoms. The summed E-state index contributed by atoms with van der Waals surface area (Å²) >= 11 is 0. The first kappa shape index (κ1) is 26.2. The summed E-state index contributed by atoms with van der Waals surface area (Å²) in [6.45, 7) is 4.79. The third kappa shape index (κ3) is 5.77. The SMILES string of the molecule is CCCCC1CCC(c2ccc(-c3ccc(C(F)(F)Oc4cc(F)c(C)c(F)c4C)cc3)cc2)CC1. The summed E-state index contributed by atoms with van der Waals surface area (Å²) in [4.78, 5) is 0. The smallest absolute Gasteiger partial charge is 0.426 e. The van der Waals surface area contributed by atoms with E-state index in [0.717, 1.165) is 23.1 Å². The molecule has 5 heteroatoms. The number of alkyl halides is 2. The van der Waals surface area contributed by atoms with E-state index in [-0.39, 0.29) is 16.7 Å². The Labute approximate surface area is 211 Å². The van der Waals surface area contributed by atoms with Crippen LogP contribution < -0.4 is 4.74 Å². The zero-order chi connectivity index (χ0) is 25.9. The van der Waals surface area contributed by atoms with Crippen LogP contribution in [0.4, 0.5) is 17.6 Å². The Balaban J connectivity index is 1.42. The maximum Gasteiger partial charge on any atom is 0.426 e. The molecule has 1 aliphatic carbocycles. The maximum atomic E-state index is 14.8. The zero-order valence-electron chi connectivity index (χ0n) is 21.2. The lowest BCUT2D eigenvalue weighted by molar-refractivity contribution is -0.185. The summed E-state index contributed by atoms with van der Waals surface area (Å²) in [7, 11) is 0. The summed E-state index contributed by atoms with van der Waals surface area (Å²) in [6, 6.07) is 15.0. The first-order valence-electron chi connectivity index (χ1n) is 12.9. The van der Waals surface area contributed by atoms with Crippen LogP contribution in [0.5, 0.6) is 5.75 Å². The van der Waals surface area contributed by atoms with Crippen molar-refractivity contribution in [1.29, 1.82) is 0 Å². The van der Waals surface area contributed by atoms with Gasteiger partial charge in [0, 0.05) is 17.2 Å². The molecule has 1 fully saturated rings. The van der Waals surface area contributed by atoms with Gasteiger partial charge < -0.3 is 4.74 Å². The fourth-order valence-corrected chi connectivity index (χ4v) is 5.21. The van der Waals surface area contributed by atoms with Crippen molar-refractivity contribution in [3.05, 3.63) is 88.5 Å². The molecule has 0 radical (unpaired) electrons. The van der Waals surface area contributed by atoms with E-state index in [1.807, 2.05) is 12.1 Å². The first-order valence-corrected chi connectivity index (χ1v) is 12.9. The Kier molecular flexibility index (Phi) is 8.07. The summed E-state index contributed by atoms with van der Waals surface area (Å²) in [5, 5.41) is 0. The van der Waals surface area contributed by atoms with Gasteiger partial charge >= 0.3 is 6.11 Å². The topological polar surface area (TPSA) is 9.23 Å². The molecule has 0 amide bonds. The van der Waals surface area contributed by atoms with Crippen LogP contribution >= 0.6 is 0 Å². The second kappa shape index (κ2) is 11.1. The molecule has 1 aliphatic rings. The monoisotopic (exact) mass is 498 g/mol. The van der Waals surface area contributed by atoms with Gasteiger partial charge in [-0.15, -0.1) is 0 Å². The number of hydrogen-bond acceptors (Lipinski definition) is 1. The molecular weight excluding hydrogens is 464 g/mol. The minimum absolute atomic E-state index is 0.153. The molecule has 4 rings (SSSR count). The molecule has 0 saturated heterocycles. The van der Waals surface area contributed by atoms with E-state index < -0.39 is 23.5 Å². The van der Waals surface area contributed by atoms with Gasteiger partial charge in [0.25, 0.3) is 0 Å². The van der Waals surface area contributed by atoms with Gasteiger partial charge in [-0.25, -0.2) is 8.78 Å². The summed E-state index contributed by atoms with van der Waals surface area (Å²) in [5.41, 5.74) is 2.34. The Bertz CT molecular complexity index is 1160. The molecule has 0 aliphatic heterocycles. The fraction of sp³-hybridized carbons (Fsp3) is 0.419. The lowest BCUT2D eigenvalue weighted by Gasteiger charge is -2.29. The van der Waals surface area contributed by atoms with Gasteiger partial charge in [-0.05, 0) is 80.2 Å². The van der Waals surface area contributed by atoms with E-state index in [4.69, 9.17) is 4.74 Å². The molecule has 0 bridgehead atoms. The van der Waals surface area contributed by atoms with Crippen LogP contribution in [-0.2, 0) is 6.11 Å². The highest BCUT2D eigenvalue weighted by molar-refractivity contribution is 5.64. The standard InChI is InChI=1S/C31H34F4O/c1-4-5-6-22-7-9-23(10-8-22)24-11-13-25(14-12-24)26-15-17-27(18-16-26)31(34,35)36-29-19-28(32)20(2)30(33)21(29)3/h11-19,22-23H,4-10H2,1-3H3. The van der Waals surface area contributed by atoms with Gasteiger partial charge in [-0.2, -0.15) is 8.78 Å². The predicted molar refractivity (Wildman–Crippen MR) is 136 cm³/mol. The molecule has 0 N–H and O–H groups in total. The van der Waals surface area contributed by atoms with Crippen LogP contribution in [-0.4, -0.2) is 0 Å². The second-order valence-electron chi connectivity index (χ2n) is 10.1. The Morgan fingerprint density at radius 2 is 1.42 bits per heavy atom. The van der Waals surface area contributed by atoms with Crippen molar-refractivity contribution in [2.75, 3.05) is 0 Å². The Hall–Kier alpha value is -2.82. The average Bonchev–Trinajstić information content (AvgIpc) is 2.89. The van der Waals surface area contributed by atoms with Crippen LogP contribution in [0.3, 0.4) is 0 Å². The van der Waals surface area contributed by atoms with Crippen molar-refractivity contribution >= 4 is 0 Å². The number of unbranched alkanes of at least 4 members (excludes halogenated alkanes) is 1.